The maximum Gasteiger partial charge on any atom is 0.243 e. The van der Waals surface area contributed by atoms with E-state index in [9.17, 15) is 13.2 Å². The van der Waals surface area contributed by atoms with Gasteiger partial charge in [-0.05, 0) is 46.9 Å². The molecule has 0 atom stereocenters. The van der Waals surface area contributed by atoms with Crippen molar-refractivity contribution in [2.75, 3.05) is 26.2 Å². The third-order valence-corrected chi connectivity index (χ3v) is 7.68. The van der Waals surface area contributed by atoms with Crippen molar-refractivity contribution >= 4 is 34.3 Å². The lowest BCUT2D eigenvalue weighted by Crippen LogP contribution is -2.43. The van der Waals surface area contributed by atoms with Gasteiger partial charge in [0, 0.05) is 25.6 Å². The average molecular weight is 502 g/mol. The van der Waals surface area contributed by atoms with Gasteiger partial charge in [-0.15, -0.1) is 12.4 Å². The highest BCUT2D eigenvalue weighted by Crippen LogP contribution is 2.33. The molecular formula is C23H40ClN5O3S. The van der Waals surface area contributed by atoms with Gasteiger partial charge < -0.3 is 16.8 Å². The molecule has 0 aliphatic carbocycles. The summed E-state index contributed by atoms with van der Waals surface area (Å²) in [6, 6.07) is 5.71. The topological polar surface area (TPSA) is 131 Å². The molecule has 0 unspecified atom stereocenters. The first kappa shape index (κ1) is 29.2. The number of sulfonamides is 1. The summed E-state index contributed by atoms with van der Waals surface area (Å²) in [5.74, 6) is -0.313. The van der Waals surface area contributed by atoms with Crippen LogP contribution in [0.1, 0.15) is 65.5 Å². The number of benzene rings is 1. The Morgan fingerprint density at radius 1 is 1.03 bits per heavy atom. The number of piperidine rings is 1. The van der Waals surface area contributed by atoms with Crippen LogP contribution in [0.4, 0.5) is 0 Å². The molecule has 10 heteroatoms. The summed E-state index contributed by atoms with van der Waals surface area (Å²) in [7, 11) is -3.65. The van der Waals surface area contributed by atoms with Crippen LogP contribution in [0.25, 0.3) is 0 Å². The second-order valence-electron chi connectivity index (χ2n) is 10.5. The Hall–Kier alpha value is -1.84. The highest BCUT2D eigenvalue weighted by molar-refractivity contribution is 7.89. The van der Waals surface area contributed by atoms with Crippen LogP contribution in [0, 0.1) is 5.92 Å². The van der Waals surface area contributed by atoms with Crippen molar-refractivity contribution in [1.29, 1.82) is 0 Å². The number of amides is 1. The fraction of sp³-hybridized carbons (Fsp3) is 0.652. The van der Waals surface area contributed by atoms with Crippen LogP contribution >= 0.6 is 12.4 Å². The molecule has 1 aliphatic heterocycles. The predicted molar refractivity (Wildman–Crippen MR) is 136 cm³/mol. The molecule has 1 fully saturated rings. The number of carbonyl (C=O) groups is 1. The smallest absolute Gasteiger partial charge is 0.243 e. The van der Waals surface area contributed by atoms with Crippen molar-refractivity contribution in [3.05, 3.63) is 29.3 Å². The number of rotatable bonds is 6. The minimum absolute atomic E-state index is 0. The van der Waals surface area contributed by atoms with Crippen molar-refractivity contribution in [1.82, 2.24) is 9.62 Å². The first-order valence-corrected chi connectivity index (χ1v) is 12.6. The van der Waals surface area contributed by atoms with E-state index in [1.807, 2.05) is 0 Å². The SMILES string of the molecule is CC(C)(C)c1cc(C(C)(C)C)cc(S(=O)(=O)N2CCC(C(=O)NCCN=C(N)N)CC2)c1.Cl. The van der Waals surface area contributed by atoms with E-state index >= 15 is 0 Å². The van der Waals surface area contributed by atoms with E-state index in [4.69, 9.17) is 11.5 Å². The monoisotopic (exact) mass is 501 g/mol. The van der Waals surface area contributed by atoms with E-state index in [-0.39, 0.29) is 41.0 Å². The van der Waals surface area contributed by atoms with Crippen LogP contribution in [0.3, 0.4) is 0 Å². The number of guanidine groups is 1. The van der Waals surface area contributed by atoms with Gasteiger partial charge in [-0.3, -0.25) is 9.79 Å². The van der Waals surface area contributed by atoms with E-state index in [1.54, 1.807) is 12.1 Å². The number of nitrogens with two attached hydrogens (primary N) is 2. The molecule has 8 nitrogen and oxygen atoms in total. The van der Waals surface area contributed by atoms with Gasteiger partial charge in [-0.1, -0.05) is 47.6 Å². The zero-order valence-electron chi connectivity index (χ0n) is 20.6. The summed E-state index contributed by atoms with van der Waals surface area (Å²) in [5.41, 5.74) is 12.2. The summed E-state index contributed by atoms with van der Waals surface area (Å²) in [6.45, 7) is 13.8. The number of carbonyl (C=O) groups excluding carboxylic acids is 1. The first-order valence-electron chi connectivity index (χ1n) is 11.1. The lowest BCUT2D eigenvalue weighted by Gasteiger charge is -2.32. The van der Waals surface area contributed by atoms with Crippen LogP contribution in [0.2, 0.25) is 0 Å². The number of halogens is 1. The fourth-order valence-corrected chi connectivity index (χ4v) is 5.17. The van der Waals surface area contributed by atoms with Crippen LogP contribution in [-0.2, 0) is 25.6 Å². The lowest BCUT2D eigenvalue weighted by molar-refractivity contribution is -0.126. The molecule has 1 aromatic carbocycles. The minimum Gasteiger partial charge on any atom is -0.370 e. The highest BCUT2D eigenvalue weighted by atomic mass is 35.5. The van der Waals surface area contributed by atoms with E-state index in [2.05, 4.69) is 57.9 Å². The number of nitrogens with zero attached hydrogens (tertiary/aromatic N) is 2. The van der Waals surface area contributed by atoms with Gasteiger partial charge in [0.1, 0.15) is 0 Å². The number of hydrogen-bond donors (Lipinski definition) is 3. The Kier molecular flexibility index (Phi) is 9.78. The van der Waals surface area contributed by atoms with Crippen molar-refractivity contribution in [3.8, 4) is 0 Å². The molecule has 1 aromatic rings. The molecule has 0 bridgehead atoms. The molecule has 188 valence electrons. The molecule has 1 amide bonds. The number of aliphatic imine (C=N–C) groups is 1. The third-order valence-electron chi connectivity index (χ3n) is 5.81. The normalized spacial score (nSPS) is 16.1. The Balaban J connectivity index is 0.00000544. The van der Waals surface area contributed by atoms with Crippen molar-refractivity contribution < 1.29 is 13.2 Å². The van der Waals surface area contributed by atoms with Gasteiger partial charge in [0.05, 0.1) is 11.4 Å². The summed E-state index contributed by atoms with van der Waals surface area (Å²) in [6.07, 6.45) is 0.969. The second kappa shape index (κ2) is 11.1. The third kappa shape index (κ3) is 7.86. The molecule has 0 spiro atoms. The molecule has 1 heterocycles. The summed E-state index contributed by atoms with van der Waals surface area (Å²) < 4.78 is 28.5. The van der Waals surface area contributed by atoms with Crippen molar-refractivity contribution in [3.63, 3.8) is 0 Å². The van der Waals surface area contributed by atoms with Gasteiger partial charge in [0.25, 0.3) is 0 Å². The second-order valence-corrected chi connectivity index (χ2v) is 12.5. The quantitative estimate of drug-likeness (QED) is 0.313. The van der Waals surface area contributed by atoms with Crippen LogP contribution < -0.4 is 16.8 Å². The summed E-state index contributed by atoms with van der Waals surface area (Å²) in [4.78, 5) is 16.6. The highest BCUT2D eigenvalue weighted by Gasteiger charge is 2.33. The molecule has 33 heavy (non-hydrogen) atoms. The van der Waals surface area contributed by atoms with Crippen LogP contribution in [0.5, 0.6) is 0 Å². The average Bonchev–Trinajstić information content (AvgIpc) is 2.69. The molecule has 0 radical (unpaired) electrons. The largest absolute Gasteiger partial charge is 0.370 e. The Morgan fingerprint density at radius 2 is 1.52 bits per heavy atom. The van der Waals surface area contributed by atoms with Gasteiger partial charge >= 0.3 is 0 Å². The molecule has 5 N–H and O–H groups in total. The molecule has 2 rings (SSSR count). The van der Waals surface area contributed by atoms with Gasteiger partial charge in [-0.25, -0.2) is 8.42 Å². The lowest BCUT2D eigenvalue weighted by atomic mass is 9.81. The summed E-state index contributed by atoms with van der Waals surface area (Å²) in [5, 5.41) is 2.82. The molecule has 0 saturated carbocycles. The van der Waals surface area contributed by atoms with Crippen molar-refractivity contribution in [2.24, 2.45) is 22.4 Å². The molecule has 1 saturated heterocycles. The zero-order valence-corrected chi connectivity index (χ0v) is 22.3. The minimum atomic E-state index is -3.65. The summed E-state index contributed by atoms with van der Waals surface area (Å²) >= 11 is 0. The van der Waals surface area contributed by atoms with Gasteiger partial charge in [0.15, 0.2) is 5.96 Å². The number of nitrogens with one attached hydrogen (secondary N) is 1. The fourth-order valence-electron chi connectivity index (χ4n) is 3.63. The first-order chi connectivity index (χ1) is 14.6. The maximum absolute atomic E-state index is 13.5. The van der Waals surface area contributed by atoms with E-state index < -0.39 is 10.0 Å². The van der Waals surface area contributed by atoms with E-state index in [1.165, 1.54) is 4.31 Å². The maximum atomic E-state index is 13.5. The number of hydrogen-bond acceptors (Lipinski definition) is 4. The molecular weight excluding hydrogens is 462 g/mol. The van der Waals surface area contributed by atoms with Crippen molar-refractivity contribution in [2.45, 2.75) is 70.1 Å². The Morgan fingerprint density at radius 3 is 1.94 bits per heavy atom. The predicted octanol–water partition coefficient (Wildman–Crippen LogP) is 2.49. The van der Waals surface area contributed by atoms with E-state index in [0.717, 1.165) is 11.1 Å². The van der Waals surface area contributed by atoms with E-state index in [0.29, 0.717) is 43.9 Å². The Bertz CT molecular complexity index is 921. The van der Waals surface area contributed by atoms with Gasteiger partial charge in [-0.2, -0.15) is 4.31 Å². The van der Waals surface area contributed by atoms with Crippen LogP contribution in [0.15, 0.2) is 28.1 Å². The standard InChI is InChI=1S/C23H39N5O3S.ClH/c1-22(2,3)17-13-18(23(4,5)6)15-19(14-17)32(30,31)28-11-7-16(8-12-28)20(29)26-9-10-27-21(24)25;/h13-16H,7-12H2,1-6H3,(H,26,29)(H4,24,25,27);1H. The zero-order chi connectivity index (χ0) is 24.3. The van der Waals surface area contributed by atoms with Gasteiger partial charge in [0.2, 0.25) is 15.9 Å². The van der Waals surface area contributed by atoms with Crippen LogP contribution in [-0.4, -0.2) is 50.8 Å². The molecule has 0 aromatic heterocycles. The molecule has 1 aliphatic rings. The Labute approximate surface area is 205 Å².